The summed E-state index contributed by atoms with van der Waals surface area (Å²) in [5.41, 5.74) is 1.76. The summed E-state index contributed by atoms with van der Waals surface area (Å²) in [6, 6.07) is 7.69. The van der Waals surface area contributed by atoms with E-state index in [2.05, 4.69) is 14.7 Å². The molecule has 0 aliphatic carbocycles. The van der Waals surface area contributed by atoms with Crippen LogP contribution < -0.4 is 5.69 Å². The molecule has 3 rings (SSSR count). The molecule has 6 heteroatoms. The van der Waals surface area contributed by atoms with E-state index in [1.165, 1.54) is 6.39 Å². The summed E-state index contributed by atoms with van der Waals surface area (Å²) in [7, 11) is 0. The van der Waals surface area contributed by atoms with Gasteiger partial charge in [-0.1, -0.05) is 17.3 Å². The summed E-state index contributed by atoms with van der Waals surface area (Å²) in [6.45, 7) is 2.91. The molecule has 0 fully saturated rings. The summed E-state index contributed by atoms with van der Waals surface area (Å²) in [4.78, 5) is 16.2. The van der Waals surface area contributed by atoms with E-state index in [-0.39, 0.29) is 5.69 Å². The highest BCUT2D eigenvalue weighted by Gasteiger charge is 2.13. The highest BCUT2D eigenvalue weighted by atomic mass is 16.5. The highest BCUT2D eigenvalue weighted by molar-refractivity contribution is 5.76. The zero-order chi connectivity index (χ0) is 12.5. The minimum atomic E-state index is -0.0523. The van der Waals surface area contributed by atoms with Gasteiger partial charge in [0, 0.05) is 6.54 Å². The maximum atomic E-state index is 12.3. The molecule has 3 aromatic rings. The SMILES string of the molecule is CCn1c(=O)n(Cc2ncon2)c2ccccc21. The first kappa shape index (κ1) is 10.8. The molecule has 6 nitrogen and oxygen atoms in total. The molecular weight excluding hydrogens is 232 g/mol. The van der Waals surface area contributed by atoms with Gasteiger partial charge in [0.2, 0.25) is 6.39 Å². The smallest absolute Gasteiger partial charge is 0.329 e. The average molecular weight is 244 g/mol. The molecule has 0 aliphatic rings. The van der Waals surface area contributed by atoms with Crippen LogP contribution in [0.2, 0.25) is 0 Å². The second-order valence-electron chi connectivity index (χ2n) is 3.95. The Morgan fingerprint density at radius 2 is 1.94 bits per heavy atom. The lowest BCUT2D eigenvalue weighted by Crippen LogP contribution is -2.24. The van der Waals surface area contributed by atoms with E-state index < -0.39 is 0 Å². The zero-order valence-electron chi connectivity index (χ0n) is 9.91. The van der Waals surface area contributed by atoms with Crippen molar-refractivity contribution < 1.29 is 4.52 Å². The third-order valence-corrected chi connectivity index (χ3v) is 2.95. The largest absolute Gasteiger partial charge is 0.343 e. The number of benzene rings is 1. The first-order valence-corrected chi connectivity index (χ1v) is 5.74. The van der Waals surface area contributed by atoms with Gasteiger partial charge in [-0.15, -0.1) is 0 Å². The van der Waals surface area contributed by atoms with E-state index in [0.29, 0.717) is 18.9 Å². The van der Waals surface area contributed by atoms with E-state index in [0.717, 1.165) is 11.0 Å². The second-order valence-corrected chi connectivity index (χ2v) is 3.95. The Balaban J connectivity index is 2.22. The first-order valence-electron chi connectivity index (χ1n) is 5.74. The van der Waals surface area contributed by atoms with Crippen molar-refractivity contribution in [3.05, 3.63) is 47.0 Å². The molecule has 1 aromatic carbocycles. The Hall–Kier alpha value is -2.37. The van der Waals surface area contributed by atoms with Gasteiger partial charge in [-0.2, -0.15) is 4.98 Å². The fourth-order valence-corrected chi connectivity index (χ4v) is 2.13. The molecule has 92 valence electrons. The number of aryl methyl sites for hydroxylation is 1. The molecule has 0 atom stereocenters. The van der Waals surface area contributed by atoms with Crippen LogP contribution in [0.15, 0.2) is 40.0 Å². The van der Waals surface area contributed by atoms with E-state index >= 15 is 0 Å². The van der Waals surface area contributed by atoms with Crippen molar-refractivity contribution in [2.45, 2.75) is 20.0 Å². The van der Waals surface area contributed by atoms with E-state index in [4.69, 9.17) is 0 Å². The van der Waals surface area contributed by atoms with Gasteiger partial charge in [-0.25, -0.2) is 4.79 Å². The normalized spacial score (nSPS) is 11.2. The monoisotopic (exact) mass is 244 g/mol. The lowest BCUT2D eigenvalue weighted by molar-refractivity contribution is 0.408. The Kier molecular flexibility index (Phi) is 2.47. The predicted octanol–water partition coefficient (Wildman–Crippen LogP) is 1.25. The molecule has 0 saturated carbocycles. The van der Waals surface area contributed by atoms with Gasteiger partial charge in [0.1, 0.15) is 0 Å². The van der Waals surface area contributed by atoms with Gasteiger partial charge in [-0.05, 0) is 19.1 Å². The van der Waals surface area contributed by atoms with E-state index in [1.807, 2.05) is 31.2 Å². The van der Waals surface area contributed by atoms with Crippen LogP contribution in [0.5, 0.6) is 0 Å². The molecule has 18 heavy (non-hydrogen) atoms. The highest BCUT2D eigenvalue weighted by Crippen LogP contribution is 2.13. The lowest BCUT2D eigenvalue weighted by Gasteiger charge is -1.97. The van der Waals surface area contributed by atoms with Crippen molar-refractivity contribution in [2.24, 2.45) is 0 Å². The van der Waals surface area contributed by atoms with Crippen LogP contribution in [0, 0.1) is 0 Å². The molecule has 0 bridgehead atoms. The zero-order valence-corrected chi connectivity index (χ0v) is 9.91. The number of para-hydroxylation sites is 2. The molecule has 0 spiro atoms. The minimum absolute atomic E-state index is 0.0523. The lowest BCUT2D eigenvalue weighted by atomic mass is 10.3. The van der Waals surface area contributed by atoms with Crippen molar-refractivity contribution in [1.82, 2.24) is 19.3 Å². The summed E-state index contributed by atoms with van der Waals surface area (Å²) < 4.78 is 8.08. The number of aromatic nitrogens is 4. The first-order chi connectivity index (χ1) is 8.81. The fourth-order valence-electron chi connectivity index (χ4n) is 2.13. The summed E-state index contributed by atoms with van der Waals surface area (Å²) in [5, 5.41) is 3.74. The number of fused-ring (bicyclic) bond motifs is 1. The number of nitrogens with zero attached hydrogens (tertiary/aromatic N) is 4. The van der Waals surface area contributed by atoms with E-state index in [1.54, 1.807) is 9.13 Å². The van der Waals surface area contributed by atoms with Crippen LogP contribution in [0.4, 0.5) is 0 Å². The number of imidazole rings is 1. The van der Waals surface area contributed by atoms with Crippen LogP contribution in [0.3, 0.4) is 0 Å². The second kappa shape index (κ2) is 4.14. The number of rotatable bonds is 3. The summed E-state index contributed by atoms with van der Waals surface area (Å²) >= 11 is 0. The summed E-state index contributed by atoms with van der Waals surface area (Å²) in [5.74, 6) is 0.496. The van der Waals surface area contributed by atoms with Crippen LogP contribution >= 0.6 is 0 Å². The van der Waals surface area contributed by atoms with Gasteiger partial charge in [0.25, 0.3) is 0 Å². The molecule has 0 saturated heterocycles. The predicted molar refractivity (Wildman–Crippen MR) is 65.3 cm³/mol. The van der Waals surface area contributed by atoms with Gasteiger partial charge in [0.15, 0.2) is 5.82 Å². The topological polar surface area (TPSA) is 65.8 Å². The maximum absolute atomic E-state index is 12.3. The third kappa shape index (κ3) is 1.54. The van der Waals surface area contributed by atoms with Crippen LogP contribution in [-0.2, 0) is 13.1 Å². The Labute approximate surface area is 102 Å². The fraction of sp³-hybridized carbons (Fsp3) is 0.250. The minimum Gasteiger partial charge on any atom is -0.343 e. The van der Waals surface area contributed by atoms with Crippen molar-refractivity contribution in [3.8, 4) is 0 Å². The number of hydrogen-bond acceptors (Lipinski definition) is 4. The van der Waals surface area contributed by atoms with Crippen molar-refractivity contribution >= 4 is 11.0 Å². The number of hydrogen-bond donors (Lipinski definition) is 0. The molecule has 2 aromatic heterocycles. The van der Waals surface area contributed by atoms with Gasteiger partial charge >= 0.3 is 5.69 Å². The Morgan fingerprint density at radius 3 is 2.56 bits per heavy atom. The van der Waals surface area contributed by atoms with Crippen molar-refractivity contribution in [1.29, 1.82) is 0 Å². The van der Waals surface area contributed by atoms with Gasteiger partial charge in [-0.3, -0.25) is 9.13 Å². The standard InChI is InChI=1S/C12H12N4O2/c1-2-15-9-5-3-4-6-10(9)16(12(15)17)7-11-13-8-18-14-11/h3-6,8H,2,7H2,1H3. The Bertz CT molecular complexity index is 724. The quantitative estimate of drug-likeness (QED) is 0.695. The molecular formula is C12H12N4O2. The van der Waals surface area contributed by atoms with Gasteiger partial charge < -0.3 is 4.52 Å². The van der Waals surface area contributed by atoms with Crippen LogP contribution in [0.25, 0.3) is 11.0 Å². The van der Waals surface area contributed by atoms with Crippen molar-refractivity contribution in [3.63, 3.8) is 0 Å². The third-order valence-electron chi connectivity index (χ3n) is 2.95. The maximum Gasteiger partial charge on any atom is 0.329 e. The molecule has 0 aliphatic heterocycles. The van der Waals surface area contributed by atoms with Crippen LogP contribution in [0.1, 0.15) is 12.7 Å². The average Bonchev–Trinajstić information content (AvgIpc) is 2.98. The molecule has 0 radical (unpaired) electrons. The van der Waals surface area contributed by atoms with Crippen LogP contribution in [-0.4, -0.2) is 19.3 Å². The molecule has 2 heterocycles. The van der Waals surface area contributed by atoms with Gasteiger partial charge in [0.05, 0.1) is 17.6 Å². The molecule has 0 unspecified atom stereocenters. The molecule has 0 N–H and O–H groups in total. The summed E-state index contributed by atoms with van der Waals surface area (Å²) in [6.07, 6.45) is 1.26. The van der Waals surface area contributed by atoms with Crippen molar-refractivity contribution in [2.75, 3.05) is 0 Å². The molecule has 0 amide bonds. The Morgan fingerprint density at radius 1 is 1.22 bits per heavy atom. The van der Waals surface area contributed by atoms with E-state index in [9.17, 15) is 4.79 Å².